The zero-order valence-corrected chi connectivity index (χ0v) is 15.8. The van der Waals surface area contributed by atoms with Crippen molar-refractivity contribution in [3.05, 3.63) is 64.0 Å². The zero-order valence-electron chi connectivity index (χ0n) is 15.8. The van der Waals surface area contributed by atoms with Crippen molar-refractivity contribution in [2.75, 3.05) is 20.2 Å². The number of benzene rings is 2. The van der Waals surface area contributed by atoms with Gasteiger partial charge in [0.05, 0.1) is 19.0 Å². The summed E-state index contributed by atoms with van der Waals surface area (Å²) in [5, 5.41) is 10.1. The molecule has 0 bridgehead atoms. The minimum Gasteiger partial charge on any atom is -0.496 e. The molecule has 0 aliphatic carbocycles. The van der Waals surface area contributed by atoms with E-state index >= 15 is 0 Å². The number of nitrogens with zero attached hydrogens (tertiary/aromatic N) is 2. The molecule has 3 aromatic rings. The summed E-state index contributed by atoms with van der Waals surface area (Å²) in [7, 11) is 1.55. The van der Waals surface area contributed by atoms with Crippen molar-refractivity contribution in [1.82, 2.24) is 14.5 Å². The van der Waals surface area contributed by atoms with Crippen molar-refractivity contribution in [1.29, 1.82) is 0 Å². The maximum absolute atomic E-state index is 14.1. The number of fused-ring (bicyclic) bond motifs is 1. The van der Waals surface area contributed by atoms with E-state index in [1.807, 2.05) is 12.1 Å². The van der Waals surface area contributed by atoms with Gasteiger partial charge < -0.3 is 14.8 Å². The first-order valence-corrected chi connectivity index (χ1v) is 9.23. The van der Waals surface area contributed by atoms with E-state index < -0.39 is 5.69 Å². The number of imidazole rings is 1. The van der Waals surface area contributed by atoms with E-state index in [1.54, 1.807) is 13.2 Å². The van der Waals surface area contributed by atoms with Crippen LogP contribution < -0.4 is 10.4 Å². The highest BCUT2D eigenvalue weighted by molar-refractivity contribution is 5.77. The summed E-state index contributed by atoms with van der Waals surface area (Å²) in [6.07, 6.45) is 2.06. The molecule has 1 aliphatic heterocycles. The normalized spacial score (nSPS) is 14.1. The Kier molecular flexibility index (Phi) is 4.68. The van der Waals surface area contributed by atoms with Crippen LogP contribution in [0.25, 0.3) is 16.8 Å². The van der Waals surface area contributed by atoms with Crippen LogP contribution in [0, 0.1) is 5.82 Å². The zero-order chi connectivity index (χ0) is 19.8. The standard InChI is InChI=1S/C21H22FN3O3/c1-3-24-7-6-16-13(12-24)8-15(25-20(26)11-23-21(25)27)10-17(16)18-9-14(22)4-5-19(18)28-2/h4-5,8-11,26H,3,6-7,12H2,1-2H3,(H,23,27). The number of H-pyrrole nitrogens is 1. The molecule has 0 fully saturated rings. The summed E-state index contributed by atoms with van der Waals surface area (Å²) in [4.78, 5) is 17.0. The van der Waals surface area contributed by atoms with Crippen LogP contribution >= 0.6 is 0 Å². The maximum Gasteiger partial charge on any atom is 0.333 e. The first-order chi connectivity index (χ1) is 13.5. The number of aromatic amines is 1. The molecule has 0 amide bonds. The van der Waals surface area contributed by atoms with Gasteiger partial charge in [-0.2, -0.15) is 0 Å². The fourth-order valence-electron chi connectivity index (χ4n) is 3.88. The molecular weight excluding hydrogens is 361 g/mol. The number of ether oxygens (including phenoxy) is 1. The first kappa shape index (κ1) is 18.3. The van der Waals surface area contributed by atoms with Gasteiger partial charge in [0.1, 0.15) is 11.6 Å². The molecule has 0 saturated heterocycles. The molecular formula is C21H22FN3O3. The van der Waals surface area contributed by atoms with Crippen LogP contribution in [0.3, 0.4) is 0 Å². The van der Waals surface area contributed by atoms with E-state index in [2.05, 4.69) is 16.8 Å². The van der Waals surface area contributed by atoms with Gasteiger partial charge in [0.2, 0.25) is 5.88 Å². The molecule has 2 aromatic carbocycles. The first-order valence-electron chi connectivity index (χ1n) is 9.23. The average molecular weight is 383 g/mol. The number of rotatable bonds is 4. The number of hydrogen-bond acceptors (Lipinski definition) is 4. The quantitative estimate of drug-likeness (QED) is 0.727. The number of aromatic nitrogens is 2. The van der Waals surface area contributed by atoms with Crippen molar-refractivity contribution in [2.24, 2.45) is 0 Å². The van der Waals surface area contributed by atoms with E-state index in [1.165, 1.54) is 22.9 Å². The predicted octanol–water partition coefficient (Wildman–Crippen LogP) is 3.06. The molecule has 28 heavy (non-hydrogen) atoms. The molecule has 0 radical (unpaired) electrons. The molecule has 4 rings (SSSR count). The van der Waals surface area contributed by atoms with Gasteiger partial charge in [-0.15, -0.1) is 0 Å². The van der Waals surface area contributed by atoms with Crippen LogP contribution in [0.1, 0.15) is 18.1 Å². The van der Waals surface area contributed by atoms with Gasteiger partial charge in [-0.25, -0.2) is 13.8 Å². The molecule has 0 unspecified atom stereocenters. The van der Waals surface area contributed by atoms with Crippen LogP contribution in [0.2, 0.25) is 0 Å². The summed E-state index contributed by atoms with van der Waals surface area (Å²) in [5.74, 6) is 0.0252. The average Bonchev–Trinajstić information content (AvgIpc) is 3.04. The number of likely N-dealkylation sites (N-methyl/N-ethyl adjacent to an activating group) is 1. The third-order valence-corrected chi connectivity index (χ3v) is 5.31. The predicted molar refractivity (Wildman–Crippen MR) is 105 cm³/mol. The molecule has 1 aliphatic rings. The fraction of sp³-hybridized carbons (Fsp3) is 0.286. The Bertz CT molecular complexity index is 1090. The molecule has 1 aromatic heterocycles. The lowest BCUT2D eigenvalue weighted by Gasteiger charge is -2.30. The smallest absolute Gasteiger partial charge is 0.333 e. The second kappa shape index (κ2) is 7.16. The molecule has 6 nitrogen and oxygen atoms in total. The third-order valence-electron chi connectivity index (χ3n) is 5.31. The summed E-state index contributed by atoms with van der Waals surface area (Å²) >= 11 is 0. The lowest BCUT2D eigenvalue weighted by molar-refractivity contribution is 0.268. The Hall–Kier alpha value is -3.06. The van der Waals surface area contributed by atoms with Gasteiger partial charge >= 0.3 is 5.69 Å². The summed E-state index contributed by atoms with van der Waals surface area (Å²) < 4.78 is 20.7. The third kappa shape index (κ3) is 3.07. The van der Waals surface area contributed by atoms with E-state index in [9.17, 15) is 14.3 Å². The van der Waals surface area contributed by atoms with E-state index in [-0.39, 0.29) is 11.7 Å². The van der Waals surface area contributed by atoms with Gasteiger partial charge in [0.15, 0.2) is 0 Å². The summed E-state index contributed by atoms with van der Waals surface area (Å²) in [5.41, 5.74) is 3.71. The minimum atomic E-state index is -0.433. The molecule has 146 valence electrons. The van der Waals surface area contributed by atoms with Crippen LogP contribution in [0.5, 0.6) is 11.6 Å². The SMILES string of the molecule is CCN1CCc2c(cc(-n3c(O)c[nH]c3=O)cc2-c2cc(F)ccc2OC)C1. The Morgan fingerprint density at radius 2 is 2.07 bits per heavy atom. The highest BCUT2D eigenvalue weighted by Crippen LogP contribution is 2.38. The molecule has 2 N–H and O–H groups in total. The number of halogens is 1. The van der Waals surface area contributed by atoms with Crippen molar-refractivity contribution < 1.29 is 14.2 Å². The maximum atomic E-state index is 14.1. The van der Waals surface area contributed by atoms with E-state index in [0.29, 0.717) is 17.0 Å². The van der Waals surface area contributed by atoms with Gasteiger partial charge in [-0.3, -0.25) is 4.90 Å². The van der Waals surface area contributed by atoms with Gasteiger partial charge in [0, 0.05) is 18.7 Å². The lowest BCUT2D eigenvalue weighted by Crippen LogP contribution is -2.31. The summed E-state index contributed by atoms with van der Waals surface area (Å²) in [6.45, 7) is 4.65. The fourth-order valence-corrected chi connectivity index (χ4v) is 3.88. The second-order valence-corrected chi connectivity index (χ2v) is 6.88. The lowest BCUT2D eigenvalue weighted by atomic mass is 9.89. The number of nitrogens with one attached hydrogen (secondary N) is 1. The number of hydrogen-bond donors (Lipinski definition) is 2. The second-order valence-electron chi connectivity index (χ2n) is 6.88. The van der Waals surface area contributed by atoms with Crippen molar-refractivity contribution in [3.63, 3.8) is 0 Å². The summed E-state index contributed by atoms with van der Waals surface area (Å²) in [6, 6.07) is 8.14. The Labute approximate surface area is 161 Å². The van der Waals surface area contributed by atoms with E-state index in [0.717, 1.165) is 42.7 Å². The van der Waals surface area contributed by atoms with Crippen LogP contribution in [-0.2, 0) is 13.0 Å². The monoisotopic (exact) mass is 383 g/mol. The van der Waals surface area contributed by atoms with Crippen LogP contribution in [-0.4, -0.2) is 39.8 Å². The minimum absolute atomic E-state index is 0.176. The van der Waals surface area contributed by atoms with Crippen molar-refractivity contribution in [2.45, 2.75) is 19.9 Å². The molecule has 0 spiro atoms. The van der Waals surface area contributed by atoms with Gasteiger partial charge in [0.25, 0.3) is 0 Å². The highest BCUT2D eigenvalue weighted by atomic mass is 19.1. The van der Waals surface area contributed by atoms with Crippen molar-refractivity contribution in [3.8, 4) is 28.4 Å². The molecule has 0 atom stereocenters. The van der Waals surface area contributed by atoms with Crippen LogP contribution in [0.4, 0.5) is 4.39 Å². The van der Waals surface area contributed by atoms with Gasteiger partial charge in [-0.05, 0) is 60.0 Å². The topological polar surface area (TPSA) is 70.5 Å². The molecule has 0 saturated carbocycles. The Morgan fingerprint density at radius 3 is 2.75 bits per heavy atom. The molecule has 7 heteroatoms. The largest absolute Gasteiger partial charge is 0.496 e. The molecule has 2 heterocycles. The van der Waals surface area contributed by atoms with Crippen LogP contribution in [0.15, 0.2) is 41.3 Å². The highest BCUT2D eigenvalue weighted by Gasteiger charge is 2.23. The number of methoxy groups -OCH3 is 1. The Balaban J connectivity index is 1.99. The Morgan fingerprint density at radius 1 is 1.25 bits per heavy atom. The van der Waals surface area contributed by atoms with Crippen molar-refractivity contribution >= 4 is 0 Å². The van der Waals surface area contributed by atoms with Gasteiger partial charge in [-0.1, -0.05) is 6.92 Å². The number of aromatic hydroxyl groups is 1. The van der Waals surface area contributed by atoms with E-state index in [4.69, 9.17) is 4.74 Å².